The van der Waals surface area contributed by atoms with Gasteiger partial charge in [-0.15, -0.1) is 0 Å². The van der Waals surface area contributed by atoms with Crippen molar-refractivity contribution in [2.24, 2.45) is 0 Å². The summed E-state index contributed by atoms with van der Waals surface area (Å²) in [7, 11) is 1.56. The van der Waals surface area contributed by atoms with E-state index in [0.29, 0.717) is 17.7 Å². The van der Waals surface area contributed by atoms with Crippen LogP contribution in [0.1, 0.15) is 30.1 Å². The van der Waals surface area contributed by atoms with Gasteiger partial charge >= 0.3 is 5.97 Å². The highest BCUT2D eigenvalue weighted by atomic mass is 16.5. The van der Waals surface area contributed by atoms with Crippen molar-refractivity contribution < 1.29 is 19.4 Å². The van der Waals surface area contributed by atoms with Gasteiger partial charge in [-0.05, 0) is 37.6 Å². The molecular formula is C13H17NO4. The van der Waals surface area contributed by atoms with Crippen molar-refractivity contribution in [3.63, 3.8) is 0 Å². The third-order valence-corrected chi connectivity index (χ3v) is 2.52. The van der Waals surface area contributed by atoms with Crippen LogP contribution in [0.2, 0.25) is 0 Å². The standard InChI is InChI=1S/C13H17NO4/c1-9(3-8-12(15)16)14-13(17)10-4-6-11(18-2)7-5-10/h4-7,9H,3,8H2,1-2H3,(H,14,17)(H,15,16). The van der Waals surface area contributed by atoms with E-state index in [-0.39, 0.29) is 18.4 Å². The summed E-state index contributed by atoms with van der Waals surface area (Å²) in [5, 5.41) is 11.3. The largest absolute Gasteiger partial charge is 0.497 e. The maximum absolute atomic E-state index is 11.8. The number of ether oxygens (including phenoxy) is 1. The molecule has 0 aliphatic rings. The maximum atomic E-state index is 11.8. The molecule has 98 valence electrons. The SMILES string of the molecule is COc1ccc(C(=O)NC(C)CCC(=O)O)cc1. The number of carboxylic acid groups (broad SMARTS) is 1. The molecule has 2 N–H and O–H groups in total. The number of rotatable bonds is 6. The van der Waals surface area contributed by atoms with Gasteiger partial charge in [-0.25, -0.2) is 0 Å². The molecule has 5 nitrogen and oxygen atoms in total. The smallest absolute Gasteiger partial charge is 0.303 e. The average Bonchev–Trinajstić information content (AvgIpc) is 2.36. The van der Waals surface area contributed by atoms with E-state index in [4.69, 9.17) is 9.84 Å². The number of nitrogens with one attached hydrogen (secondary N) is 1. The topological polar surface area (TPSA) is 75.6 Å². The summed E-state index contributed by atoms with van der Waals surface area (Å²) in [6.45, 7) is 1.78. The number of benzene rings is 1. The zero-order valence-electron chi connectivity index (χ0n) is 10.5. The number of methoxy groups -OCH3 is 1. The van der Waals surface area contributed by atoms with Crippen LogP contribution < -0.4 is 10.1 Å². The second-order valence-corrected chi connectivity index (χ2v) is 4.04. The van der Waals surface area contributed by atoms with E-state index >= 15 is 0 Å². The Labute approximate surface area is 106 Å². The first-order valence-corrected chi connectivity index (χ1v) is 5.69. The second-order valence-electron chi connectivity index (χ2n) is 4.04. The van der Waals surface area contributed by atoms with Crippen molar-refractivity contribution in [2.75, 3.05) is 7.11 Å². The summed E-state index contributed by atoms with van der Waals surface area (Å²) in [4.78, 5) is 22.2. The molecule has 1 aromatic rings. The van der Waals surface area contributed by atoms with E-state index in [2.05, 4.69) is 5.32 Å². The van der Waals surface area contributed by atoms with Crippen LogP contribution in [-0.2, 0) is 4.79 Å². The molecule has 0 bridgehead atoms. The molecular weight excluding hydrogens is 234 g/mol. The number of carbonyl (C=O) groups is 2. The second kappa shape index (κ2) is 6.64. The summed E-state index contributed by atoms with van der Waals surface area (Å²) >= 11 is 0. The van der Waals surface area contributed by atoms with Crippen LogP contribution in [0.4, 0.5) is 0 Å². The van der Waals surface area contributed by atoms with Crippen LogP contribution in [0.5, 0.6) is 5.75 Å². The van der Waals surface area contributed by atoms with Gasteiger partial charge in [-0.2, -0.15) is 0 Å². The number of hydrogen-bond donors (Lipinski definition) is 2. The lowest BCUT2D eigenvalue weighted by atomic mass is 10.1. The van der Waals surface area contributed by atoms with E-state index < -0.39 is 5.97 Å². The molecule has 0 aromatic heterocycles. The third kappa shape index (κ3) is 4.45. The lowest BCUT2D eigenvalue weighted by Crippen LogP contribution is -2.32. The minimum Gasteiger partial charge on any atom is -0.497 e. The molecule has 0 aliphatic heterocycles. The molecule has 0 saturated heterocycles. The highest BCUT2D eigenvalue weighted by Gasteiger charge is 2.10. The van der Waals surface area contributed by atoms with E-state index in [9.17, 15) is 9.59 Å². The van der Waals surface area contributed by atoms with Gasteiger partial charge < -0.3 is 15.2 Å². The van der Waals surface area contributed by atoms with Crippen LogP contribution >= 0.6 is 0 Å². The molecule has 0 spiro atoms. The molecule has 0 aliphatic carbocycles. The number of amides is 1. The first-order chi connectivity index (χ1) is 8.52. The maximum Gasteiger partial charge on any atom is 0.303 e. The van der Waals surface area contributed by atoms with E-state index in [1.54, 1.807) is 38.3 Å². The third-order valence-electron chi connectivity index (χ3n) is 2.52. The molecule has 1 rings (SSSR count). The summed E-state index contributed by atoms with van der Waals surface area (Å²) in [5.74, 6) is -0.387. The average molecular weight is 251 g/mol. The first kappa shape index (κ1) is 14.0. The quantitative estimate of drug-likeness (QED) is 0.806. The monoisotopic (exact) mass is 251 g/mol. The predicted molar refractivity (Wildman–Crippen MR) is 66.8 cm³/mol. The van der Waals surface area contributed by atoms with Gasteiger partial charge in [-0.1, -0.05) is 0 Å². The molecule has 1 amide bonds. The molecule has 0 saturated carbocycles. The van der Waals surface area contributed by atoms with Crippen LogP contribution in [-0.4, -0.2) is 30.1 Å². The van der Waals surface area contributed by atoms with Crippen molar-refractivity contribution in [1.82, 2.24) is 5.32 Å². The number of carboxylic acids is 1. The van der Waals surface area contributed by atoms with Gasteiger partial charge in [0.25, 0.3) is 5.91 Å². The van der Waals surface area contributed by atoms with Crippen molar-refractivity contribution in [2.45, 2.75) is 25.8 Å². The number of aliphatic carboxylic acids is 1. The predicted octanol–water partition coefficient (Wildman–Crippen LogP) is 1.68. The molecule has 1 atom stereocenters. The van der Waals surface area contributed by atoms with Gasteiger partial charge in [0.1, 0.15) is 5.75 Å². The van der Waals surface area contributed by atoms with Crippen molar-refractivity contribution in [3.05, 3.63) is 29.8 Å². The van der Waals surface area contributed by atoms with Gasteiger partial charge in [0.2, 0.25) is 0 Å². The minimum atomic E-state index is -0.861. The van der Waals surface area contributed by atoms with E-state index in [0.717, 1.165) is 0 Å². The molecule has 0 radical (unpaired) electrons. The number of hydrogen-bond acceptors (Lipinski definition) is 3. The molecule has 0 fully saturated rings. The summed E-state index contributed by atoms with van der Waals surface area (Å²) in [6, 6.07) is 6.57. The fourth-order valence-electron chi connectivity index (χ4n) is 1.46. The molecule has 1 unspecified atom stereocenters. The highest BCUT2D eigenvalue weighted by molar-refractivity contribution is 5.94. The highest BCUT2D eigenvalue weighted by Crippen LogP contribution is 2.11. The van der Waals surface area contributed by atoms with Crippen LogP contribution in [0.25, 0.3) is 0 Å². The van der Waals surface area contributed by atoms with Gasteiger partial charge in [0, 0.05) is 18.0 Å². The fourth-order valence-corrected chi connectivity index (χ4v) is 1.46. The Bertz CT molecular complexity index is 414. The van der Waals surface area contributed by atoms with Crippen LogP contribution in [0, 0.1) is 0 Å². The minimum absolute atomic E-state index is 0.0457. The zero-order chi connectivity index (χ0) is 13.5. The summed E-state index contributed by atoms with van der Waals surface area (Å²) < 4.78 is 5.00. The zero-order valence-corrected chi connectivity index (χ0v) is 10.5. The van der Waals surface area contributed by atoms with Crippen molar-refractivity contribution in [1.29, 1.82) is 0 Å². The van der Waals surface area contributed by atoms with Gasteiger partial charge in [0.15, 0.2) is 0 Å². The molecule has 1 aromatic carbocycles. The summed E-state index contributed by atoms with van der Waals surface area (Å²) in [6.07, 6.45) is 0.460. The lowest BCUT2D eigenvalue weighted by Gasteiger charge is -2.12. The van der Waals surface area contributed by atoms with Crippen molar-refractivity contribution >= 4 is 11.9 Å². The first-order valence-electron chi connectivity index (χ1n) is 5.69. The Morgan fingerprint density at radius 2 is 1.94 bits per heavy atom. The number of carbonyl (C=O) groups excluding carboxylic acids is 1. The van der Waals surface area contributed by atoms with Gasteiger partial charge in [0.05, 0.1) is 7.11 Å². The Morgan fingerprint density at radius 3 is 2.44 bits per heavy atom. The molecule has 18 heavy (non-hydrogen) atoms. The van der Waals surface area contributed by atoms with Crippen LogP contribution in [0.15, 0.2) is 24.3 Å². The molecule has 0 heterocycles. The Morgan fingerprint density at radius 1 is 1.33 bits per heavy atom. The normalized spacial score (nSPS) is 11.7. The Kier molecular flexibility index (Phi) is 5.17. The van der Waals surface area contributed by atoms with E-state index in [1.807, 2.05) is 0 Å². The van der Waals surface area contributed by atoms with Gasteiger partial charge in [-0.3, -0.25) is 9.59 Å². The fraction of sp³-hybridized carbons (Fsp3) is 0.385. The van der Waals surface area contributed by atoms with E-state index in [1.165, 1.54) is 0 Å². The Balaban J connectivity index is 2.50. The van der Waals surface area contributed by atoms with Crippen LogP contribution in [0.3, 0.4) is 0 Å². The van der Waals surface area contributed by atoms with Crippen molar-refractivity contribution in [3.8, 4) is 5.75 Å². The lowest BCUT2D eigenvalue weighted by molar-refractivity contribution is -0.137. The molecule has 5 heteroatoms. The Hall–Kier alpha value is -2.04. The summed E-state index contributed by atoms with van der Waals surface area (Å²) in [5.41, 5.74) is 0.526.